The van der Waals surface area contributed by atoms with Crippen molar-refractivity contribution in [2.24, 2.45) is 12.8 Å². The number of thioether (sulfide) groups is 1. The van der Waals surface area contributed by atoms with Crippen molar-refractivity contribution in [1.29, 1.82) is 0 Å². The highest BCUT2D eigenvalue weighted by atomic mass is 32.2. The number of methoxy groups -OCH3 is 1. The van der Waals surface area contributed by atoms with Gasteiger partial charge in [-0.1, -0.05) is 11.8 Å². The van der Waals surface area contributed by atoms with Crippen molar-refractivity contribution < 1.29 is 18.7 Å². The quantitative estimate of drug-likeness (QED) is 0.569. The van der Waals surface area contributed by atoms with Gasteiger partial charge in [0.15, 0.2) is 22.5 Å². The lowest BCUT2D eigenvalue weighted by molar-refractivity contribution is -0.118. The number of ketones is 1. The molecular weight excluding hydrogens is 335 g/mol. The van der Waals surface area contributed by atoms with E-state index in [1.807, 2.05) is 0 Å². The molecule has 1 aromatic heterocycles. The number of benzene rings is 1. The van der Waals surface area contributed by atoms with Gasteiger partial charge in [-0.3, -0.25) is 9.59 Å². The molecule has 2 rings (SSSR count). The fourth-order valence-electron chi connectivity index (χ4n) is 1.98. The Morgan fingerprint density at radius 3 is 2.75 bits per heavy atom. The predicted octanol–water partition coefficient (Wildman–Crippen LogP) is 1.36. The average Bonchev–Trinajstić information content (AvgIpc) is 2.90. The fourth-order valence-corrected chi connectivity index (χ4v) is 2.80. The number of Topliss-reactive ketones (excluding diaryl/α,β-unsaturated/α-hetero) is 1. The molecule has 2 aromatic rings. The maximum atomic E-state index is 13.6. The molecule has 9 heteroatoms. The molecule has 1 heterocycles. The van der Waals surface area contributed by atoms with E-state index in [-0.39, 0.29) is 29.3 Å². The number of rotatable bonds is 8. The maximum Gasteiger partial charge on any atom is 0.217 e. The molecule has 7 nitrogen and oxygen atoms in total. The molecule has 0 saturated heterocycles. The molecule has 0 fully saturated rings. The number of carbonyl (C=O) groups excluding carboxylic acids is 2. The molecule has 2 N–H and O–H groups in total. The molecule has 128 valence electrons. The van der Waals surface area contributed by atoms with E-state index in [2.05, 4.69) is 10.2 Å². The molecule has 24 heavy (non-hydrogen) atoms. The van der Waals surface area contributed by atoms with Crippen molar-refractivity contribution in [3.8, 4) is 5.75 Å². The van der Waals surface area contributed by atoms with Crippen LogP contribution in [0.3, 0.4) is 0 Å². The van der Waals surface area contributed by atoms with E-state index in [0.29, 0.717) is 17.4 Å². The van der Waals surface area contributed by atoms with Gasteiger partial charge in [0.2, 0.25) is 5.91 Å². The number of halogens is 1. The van der Waals surface area contributed by atoms with Gasteiger partial charge in [-0.2, -0.15) is 0 Å². The van der Waals surface area contributed by atoms with Crippen LogP contribution >= 0.6 is 11.8 Å². The van der Waals surface area contributed by atoms with Crippen LogP contribution in [-0.2, 0) is 18.3 Å². The Kier molecular flexibility index (Phi) is 5.91. The normalized spacial score (nSPS) is 10.6. The first-order valence-electron chi connectivity index (χ1n) is 7.08. The van der Waals surface area contributed by atoms with Crippen LogP contribution in [0, 0.1) is 5.82 Å². The number of ether oxygens (including phenoxy) is 1. The lowest BCUT2D eigenvalue weighted by atomic mass is 10.1. The van der Waals surface area contributed by atoms with Crippen molar-refractivity contribution in [3.63, 3.8) is 0 Å². The zero-order valence-corrected chi connectivity index (χ0v) is 14.1. The van der Waals surface area contributed by atoms with Crippen LogP contribution in [0.1, 0.15) is 22.6 Å². The van der Waals surface area contributed by atoms with Crippen molar-refractivity contribution >= 4 is 23.5 Å². The number of amides is 1. The Labute approximate surface area is 142 Å². The summed E-state index contributed by atoms with van der Waals surface area (Å²) in [4.78, 5) is 23.0. The van der Waals surface area contributed by atoms with Gasteiger partial charge >= 0.3 is 0 Å². The van der Waals surface area contributed by atoms with Crippen LogP contribution in [-0.4, -0.2) is 39.3 Å². The predicted molar refractivity (Wildman–Crippen MR) is 86.5 cm³/mol. The second-order valence-corrected chi connectivity index (χ2v) is 5.93. The molecule has 0 aliphatic heterocycles. The summed E-state index contributed by atoms with van der Waals surface area (Å²) in [5.74, 6) is -0.438. The molecule has 0 radical (unpaired) electrons. The molecule has 0 atom stereocenters. The SMILES string of the molecule is COc1ccc(C(=O)CSc2nnc(CCC(N)=O)n2C)cc1F. The monoisotopic (exact) mass is 352 g/mol. The lowest BCUT2D eigenvalue weighted by Crippen LogP contribution is -2.13. The van der Waals surface area contributed by atoms with Gasteiger partial charge in [-0.15, -0.1) is 10.2 Å². The minimum Gasteiger partial charge on any atom is -0.494 e. The van der Waals surface area contributed by atoms with Crippen LogP contribution in [0.15, 0.2) is 23.4 Å². The zero-order chi connectivity index (χ0) is 17.7. The highest BCUT2D eigenvalue weighted by Crippen LogP contribution is 2.21. The van der Waals surface area contributed by atoms with Crippen LogP contribution in [0.5, 0.6) is 5.75 Å². The Hall–Kier alpha value is -2.42. The Balaban J connectivity index is 1.99. The van der Waals surface area contributed by atoms with Gasteiger partial charge in [0, 0.05) is 25.5 Å². The molecular formula is C15H17FN4O3S. The van der Waals surface area contributed by atoms with E-state index < -0.39 is 11.7 Å². The van der Waals surface area contributed by atoms with Gasteiger partial charge in [0.1, 0.15) is 5.82 Å². The van der Waals surface area contributed by atoms with Gasteiger partial charge in [-0.05, 0) is 18.2 Å². The topological polar surface area (TPSA) is 100 Å². The fraction of sp³-hybridized carbons (Fsp3) is 0.333. The minimum atomic E-state index is -0.583. The molecule has 1 aromatic carbocycles. The first-order valence-corrected chi connectivity index (χ1v) is 8.07. The smallest absolute Gasteiger partial charge is 0.217 e. The van der Waals surface area contributed by atoms with Crippen molar-refractivity contribution in [1.82, 2.24) is 14.8 Å². The summed E-state index contributed by atoms with van der Waals surface area (Å²) in [5.41, 5.74) is 5.37. The van der Waals surface area contributed by atoms with Crippen molar-refractivity contribution in [2.45, 2.75) is 18.0 Å². The van der Waals surface area contributed by atoms with Crippen molar-refractivity contribution in [3.05, 3.63) is 35.4 Å². The number of nitrogens with zero attached hydrogens (tertiary/aromatic N) is 3. The largest absolute Gasteiger partial charge is 0.494 e. The Morgan fingerprint density at radius 1 is 1.38 bits per heavy atom. The van der Waals surface area contributed by atoms with Gasteiger partial charge in [0.25, 0.3) is 0 Å². The lowest BCUT2D eigenvalue weighted by Gasteiger charge is -2.05. The van der Waals surface area contributed by atoms with Gasteiger partial charge in [-0.25, -0.2) is 4.39 Å². The molecule has 0 saturated carbocycles. The number of aryl methyl sites for hydroxylation is 1. The number of carbonyl (C=O) groups is 2. The summed E-state index contributed by atoms with van der Waals surface area (Å²) >= 11 is 1.19. The molecule has 1 amide bonds. The summed E-state index contributed by atoms with van der Waals surface area (Å²) in [6.45, 7) is 0. The summed E-state index contributed by atoms with van der Waals surface area (Å²) in [7, 11) is 3.11. The summed E-state index contributed by atoms with van der Waals surface area (Å²) in [6, 6.07) is 4.08. The second kappa shape index (κ2) is 7.91. The van der Waals surface area contributed by atoms with Crippen LogP contribution in [0.4, 0.5) is 4.39 Å². The van der Waals surface area contributed by atoms with Gasteiger partial charge < -0.3 is 15.0 Å². The number of aromatic nitrogens is 3. The Bertz CT molecular complexity index is 763. The van der Waals surface area contributed by atoms with Crippen LogP contribution in [0.2, 0.25) is 0 Å². The van der Waals surface area contributed by atoms with E-state index in [0.717, 1.165) is 6.07 Å². The molecule has 0 spiro atoms. The minimum absolute atomic E-state index is 0.0894. The summed E-state index contributed by atoms with van der Waals surface area (Å²) in [6.07, 6.45) is 0.567. The Morgan fingerprint density at radius 2 is 2.12 bits per heavy atom. The molecule has 0 aliphatic carbocycles. The van der Waals surface area contributed by atoms with E-state index in [1.54, 1.807) is 11.6 Å². The van der Waals surface area contributed by atoms with E-state index in [4.69, 9.17) is 10.5 Å². The third kappa shape index (κ3) is 4.31. The first-order chi connectivity index (χ1) is 11.4. The summed E-state index contributed by atoms with van der Waals surface area (Å²) in [5, 5.41) is 8.49. The maximum absolute atomic E-state index is 13.6. The number of hydrogen-bond donors (Lipinski definition) is 1. The van der Waals surface area contributed by atoms with Crippen LogP contribution < -0.4 is 10.5 Å². The van der Waals surface area contributed by atoms with Crippen LogP contribution in [0.25, 0.3) is 0 Å². The highest BCUT2D eigenvalue weighted by molar-refractivity contribution is 7.99. The molecule has 0 unspecified atom stereocenters. The zero-order valence-electron chi connectivity index (χ0n) is 13.3. The molecule has 0 aliphatic rings. The number of primary amides is 1. The van der Waals surface area contributed by atoms with E-state index in [1.165, 1.54) is 31.0 Å². The third-order valence-corrected chi connectivity index (χ3v) is 4.35. The standard InChI is InChI=1S/C15H17FN4O3S/c1-20-14(6-5-13(17)22)18-19-15(20)24-8-11(21)9-3-4-12(23-2)10(16)7-9/h3-4,7H,5-6,8H2,1-2H3,(H2,17,22). The van der Waals surface area contributed by atoms with Gasteiger partial charge in [0.05, 0.1) is 12.9 Å². The van der Waals surface area contributed by atoms with E-state index in [9.17, 15) is 14.0 Å². The van der Waals surface area contributed by atoms with E-state index >= 15 is 0 Å². The molecule has 0 bridgehead atoms. The third-order valence-electron chi connectivity index (χ3n) is 3.33. The summed E-state index contributed by atoms with van der Waals surface area (Å²) < 4.78 is 20.2. The highest BCUT2D eigenvalue weighted by Gasteiger charge is 2.14. The second-order valence-electron chi connectivity index (χ2n) is 4.99. The average molecular weight is 352 g/mol. The number of nitrogens with two attached hydrogens (primary N) is 1. The first kappa shape index (κ1) is 17.9. The van der Waals surface area contributed by atoms with Crippen molar-refractivity contribution in [2.75, 3.05) is 12.9 Å². The number of hydrogen-bond acceptors (Lipinski definition) is 6.